The zero-order valence-corrected chi connectivity index (χ0v) is 15.6. The number of piperidine rings is 2. The summed E-state index contributed by atoms with van der Waals surface area (Å²) in [5.74, 6) is 0.425. The van der Waals surface area contributed by atoms with Gasteiger partial charge in [0.2, 0.25) is 11.8 Å². The fraction of sp³-hybridized carbons (Fsp3) is 0.778. The SMILES string of the molecule is COCCN1C[C@]2(CCCN(C(=O)CCCn3cncn3)C2)CCC1=O. The van der Waals surface area contributed by atoms with Gasteiger partial charge in [-0.2, -0.15) is 5.10 Å². The number of hydrogen-bond acceptors (Lipinski definition) is 5. The lowest BCUT2D eigenvalue weighted by Crippen LogP contribution is -2.55. The molecule has 0 aromatic carbocycles. The van der Waals surface area contributed by atoms with Gasteiger partial charge >= 0.3 is 0 Å². The van der Waals surface area contributed by atoms with Crippen LogP contribution in [-0.4, -0.2) is 76.3 Å². The number of rotatable bonds is 7. The Kier molecular flexibility index (Phi) is 6.24. The summed E-state index contributed by atoms with van der Waals surface area (Å²) in [4.78, 5) is 32.7. The highest BCUT2D eigenvalue weighted by molar-refractivity contribution is 5.78. The molecule has 2 aliphatic rings. The molecule has 1 aromatic heterocycles. The summed E-state index contributed by atoms with van der Waals surface area (Å²) >= 11 is 0. The summed E-state index contributed by atoms with van der Waals surface area (Å²) < 4.78 is 6.89. The third-order valence-corrected chi connectivity index (χ3v) is 5.57. The van der Waals surface area contributed by atoms with Crippen molar-refractivity contribution in [1.29, 1.82) is 0 Å². The Hall–Kier alpha value is -1.96. The van der Waals surface area contributed by atoms with Crippen LogP contribution in [0.5, 0.6) is 0 Å². The van der Waals surface area contributed by atoms with E-state index in [-0.39, 0.29) is 17.2 Å². The van der Waals surface area contributed by atoms with Crippen molar-refractivity contribution in [3.8, 4) is 0 Å². The van der Waals surface area contributed by atoms with Crippen LogP contribution >= 0.6 is 0 Å². The predicted octanol–water partition coefficient (Wildman–Crippen LogP) is 0.936. The first kappa shape index (κ1) is 18.8. The first-order valence-electron chi connectivity index (χ1n) is 9.49. The molecule has 2 fully saturated rings. The molecule has 144 valence electrons. The van der Waals surface area contributed by atoms with Crippen LogP contribution in [0.25, 0.3) is 0 Å². The van der Waals surface area contributed by atoms with Crippen LogP contribution in [0, 0.1) is 5.41 Å². The minimum Gasteiger partial charge on any atom is -0.383 e. The topological polar surface area (TPSA) is 80.6 Å². The lowest BCUT2D eigenvalue weighted by molar-refractivity contribution is -0.143. The number of amides is 2. The molecule has 0 aliphatic carbocycles. The van der Waals surface area contributed by atoms with Gasteiger partial charge in [-0.05, 0) is 25.7 Å². The molecule has 8 nitrogen and oxygen atoms in total. The number of carbonyl (C=O) groups is 2. The predicted molar refractivity (Wildman–Crippen MR) is 95.2 cm³/mol. The average Bonchev–Trinajstić information content (AvgIpc) is 3.16. The van der Waals surface area contributed by atoms with E-state index in [1.54, 1.807) is 18.1 Å². The minimum atomic E-state index is 0.0570. The highest BCUT2D eigenvalue weighted by Crippen LogP contribution is 2.39. The van der Waals surface area contributed by atoms with Gasteiger partial charge in [-0.3, -0.25) is 14.3 Å². The molecule has 1 atom stereocenters. The van der Waals surface area contributed by atoms with E-state index in [4.69, 9.17) is 4.74 Å². The number of ether oxygens (including phenoxy) is 1. The normalized spacial score (nSPS) is 23.7. The van der Waals surface area contributed by atoms with E-state index in [2.05, 4.69) is 10.1 Å². The van der Waals surface area contributed by atoms with Crippen LogP contribution in [0.1, 0.15) is 38.5 Å². The largest absolute Gasteiger partial charge is 0.383 e. The highest BCUT2D eigenvalue weighted by atomic mass is 16.5. The zero-order valence-electron chi connectivity index (χ0n) is 15.6. The molecule has 1 spiro atoms. The van der Waals surface area contributed by atoms with Crippen molar-refractivity contribution in [2.75, 3.05) is 39.9 Å². The average molecular weight is 363 g/mol. The first-order chi connectivity index (χ1) is 12.6. The Morgan fingerprint density at radius 2 is 2.19 bits per heavy atom. The van der Waals surface area contributed by atoms with E-state index in [0.29, 0.717) is 32.5 Å². The molecule has 26 heavy (non-hydrogen) atoms. The molecule has 3 heterocycles. The van der Waals surface area contributed by atoms with Crippen LogP contribution in [0.3, 0.4) is 0 Å². The zero-order chi connectivity index (χ0) is 18.4. The van der Waals surface area contributed by atoms with Crippen molar-refractivity contribution in [2.45, 2.75) is 45.1 Å². The smallest absolute Gasteiger partial charge is 0.222 e. The van der Waals surface area contributed by atoms with Crippen LogP contribution in [0.2, 0.25) is 0 Å². The molecular weight excluding hydrogens is 334 g/mol. The van der Waals surface area contributed by atoms with Gasteiger partial charge in [0.25, 0.3) is 0 Å². The molecule has 0 N–H and O–H groups in total. The third-order valence-electron chi connectivity index (χ3n) is 5.57. The van der Waals surface area contributed by atoms with Crippen molar-refractivity contribution in [3.63, 3.8) is 0 Å². The van der Waals surface area contributed by atoms with Crippen molar-refractivity contribution in [3.05, 3.63) is 12.7 Å². The Morgan fingerprint density at radius 3 is 2.96 bits per heavy atom. The van der Waals surface area contributed by atoms with Crippen LogP contribution < -0.4 is 0 Å². The Bertz CT molecular complexity index is 606. The Morgan fingerprint density at radius 1 is 1.31 bits per heavy atom. The van der Waals surface area contributed by atoms with Crippen molar-refractivity contribution < 1.29 is 14.3 Å². The number of hydrogen-bond donors (Lipinski definition) is 0. The monoisotopic (exact) mass is 363 g/mol. The van der Waals surface area contributed by atoms with E-state index < -0.39 is 0 Å². The summed E-state index contributed by atoms with van der Waals surface area (Å²) in [6.45, 7) is 4.26. The summed E-state index contributed by atoms with van der Waals surface area (Å²) in [6.07, 6.45) is 8.06. The van der Waals surface area contributed by atoms with Gasteiger partial charge in [-0.25, -0.2) is 4.98 Å². The summed E-state index contributed by atoms with van der Waals surface area (Å²) in [5.41, 5.74) is 0.0570. The third kappa shape index (κ3) is 4.60. The molecule has 3 rings (SSSR count). The van der Waals surface area contributed by atoms with Gasteiger partial charge in [0.15, 0.2) is 0 Å². The quantitative estimate of drug-likeness (QED) is 0.720. The number of aryl methyl sites for hydroxylation is 1. The number of methoxy groups -OCH3 is 1. The molecular formula is C18H29N5O3. The van der Waals surface area contributed by atoms with Crippen molar-refractivity contribution in [1.82, 2.24) is 24.6 Å². The molecule has 1 aromatic rings. The fourth-order valence-electron chi connectivity index (χ4n) is 4.16. The van der Waals surface area contributed by atoms with Gasteiger partial charge in [-0.1, -0.05) is 0 Å². The molecule has 0 radical (unpaired) electrons. The van der Waals surface area contributed by atoms with Gasteiger partial charge in [0, 0.05) is 58.1 Å². The van der Waals surface area contributed by atoms with E-state index in [1.807, 2.05) is 9.80 Å². The maximum atomic E-state index is 12.7. The Balaban J connectivity index is 1.52. The maximum Gasteiger partial charge on any atom is 0.222 e. The van der Waals surface area contributed by atoms with E-state index in [1.165, 1.54) is 6.33 Å². The lowest BCUT2D eigenvalue weighted by Gasteiger charge is -2.48. The molecule has 8 heteroatoms. The van der Waals surface area contributed by atoms with Gasteiger partial charge in [0.1, 0.15) is 12.7 Å². The molecule has 0 bridgehead atoms. The fourth-order valence-corrected chi connectivity index (χ4v) is 4.16. The molecule has 2 saturated heterocycles. The van der Waals surface area contributed by atoms with Gasteiger partial charge in [-0.15, -0.1) is 0 Å². The van der Waals surface area contributed by atoms with Gasteiger partial charge < -0.3 is 14.5 Å². The molecule has 2 amide bonds. The van der Waals surface area contributed by atoms with E-state index in [9.17, 15) is 9.59 Å². The van der Waals surface area contributed by atoms with Gasteiger partial charge in [0.05, 0.1) is 6.61 Å². The number of carbonyl (C=O) groups excluding carboxylic acids is 2. The van der Waals surface area contributed by atoms with Crippen molar-refractivity contribution >= 4 is 11.8 Å². The maximum absolute atomic E-state index is 12.7. The summed E-state index contributed by atoms with van der Waals surface area (Å²) in [6, 6.07) is 0. The standard InChI is InChI=1S/C18H29N5O3/c1-26-11-10-22-13-18(7-5-17(22)25)6-3-8-21(12-18)16(24)4-2-9-23-15-19-14-20-23/h14-15H,2-13H2,1H3/t18-/m1/s1. The van der Waals surface area contributed by atoms with E-state index >= 15 is 0 Å². The lowest BCUT2D eigenvalue weighted by atomic mass is 9.73. The van der Waals surface area contributed by atoms with Crippen LogP contribution in [0.4, 0.5) is 0 Å². The number of nitrogens with zero attached hydrogens (tertiary/aromatic N) is 5. The molecule has 0 unspecified atom stereocenters. The minimum absolute atomic E-state index is 0.0570. The van der Waals surface area contributed by atoms with E-state index in [0.717, 1.165) is 45.3 Å². The number of likely N-dealkylation sites (tertiary alicyclic amines) is 2. The second kappa shape index (κ2) is 8.62. The second-order valence-corrected chi connectivity index (χ2v) is 7.49. The number of aromatic nitrogens is 3. The van der Waals surface area contributed by atoms with Crippen molar-refractivity contribution in [2.24, 2.45) is 5.41 Å². The highest BCUT2D eigenvalue weighted by Gasteiger charge is 2.42. The second-order valence-electron chi connectivity index (χ2n) is 7.49. The van der Waals surface area contributed by atoms with Crippen LogP contribution in [-0.2, 0) is 20.9 Å². The summed E-state index contributed by atoms with van der Waals surface area (Å²) in [7, 11) is 1.66. The first-order valence-corrected chi connectivity index (χ1v) is 9.49. The Labute approximate surface area is 154 Å². The van der Waals surface area contributed by atoms with Crippen LogP contribution in [0.15, 0.2) is 12.7 Å². The molecule has 0 saturated carbocycles. The molecule has 2 aliphatic heterocycles. The summed E-state index contributed by atoms with van der Waals surface area (Å²) in [5, 5.41) is 4.07.